The Balaban J connectivity index is 1.85. The van der Waals surface area contributed by atoms with Crippen molar-refractivity contribution in [2.24, 2.45) is 0 Å². The van der Waals surface area contributed by atoms with E-state index in [1.54, 1.807) is 6.20 Å². The van der Waals surface area contributed by atoms with Gasteiger partial charge >= 0.3 is 0 Å². The van der Waals surface area contributed by atoms with Crippen molar-refractivity contribution in [2.75, 3.05) is 6.54 Å². The van der Waals surface area contributed by atoms with E-state index in [1.807, 2.05) is 0 Å². The Morgan fingerprint density at radius 1 is 1.35 bits per heavy atom. The predicted molar refractivity (Wildman–Crippen MR) is 77.8 cm³/mol. The summed E-state index contributed by atoms with van der Waals surface area (Å²) >= 11 is 0. The molecule has 1 aliphatic carbocycles. The monoisotopic (exact) mass is 300 g/mol. The predicted octanol–water partition coefficient (Wildman–Crippen LogP) is 1.52. The van der Waals surface area contributed by atoms with Crippen LogP contribution in [0.25, 0.3) is 0 Å². The number of sulfonamides is 1. The quantitative estimate of drug-likeness (QED) is 0.572. The molecule has 0 bridgehead atoms. The third-order valence-corrected chi connectivity index (χ3v) is 4.90. The summed E-state index contributed by atoms with van der Waals surface area (Å²) in [6, 6.07) is 0.544. The van der Waals surface area contributed by atoms with Gasteiger partial charge < -0.3 is 5.32 Å². The Labute approximate surface area is 120 Å². The number of aromatic amines is 1. The summed E-state index contributed by atoms with van der Waals surface area (Å²) in [6.07, 6.45) is 8.15. The van der Waals surface area contributed by atoms with Crippen molar-refractivity contribution in [2.45, 2.75) is 63.1 Å². The van der Waals surface area contributed by atoms with E-state index >= 15 is 0 Å². The molecule has 1 aliphatic rings. The number of hydrogen-bond donors (Lipinski definition) is 3. The van der Waals surface area contributed by atoms with Crippen LogP contribution < -0.4 is 10.0 Å². The standard InChI is InChI=1S/C13H24N4O2S/c1-2-3-4-5-8-16-20(18,19)13-11(10-15-17-13)9-14-12-6-7-12/h10,12,14,16H,2-9H2,1H3,(H,15,17). The summed E-state index contributed by atoms with van der Waals surface area (Å²) in [4.78, 5) is 0. The van der Waals surface area contributed by atoms with Crippen LogP contribution in [0.1, 0.15) is 51.0 Å². The van der Waals surface area contributed by atoms with Crippen LogP contribution in [0.15, 0.2) is 11.2 Å². The number of aromatic nitrogens is 2. The van der Waals surface area contributed by atoms with Crippen LogP contribution in [0, 0.1) is 0 Å². The van der Waals surface area contributed by atoms with E-state index in [1.165, 1.54) is 12.8 Å². The highest BCUT2D eigenvalue weighted by Gasteiger charge is 2.24. The largest absolute Gasteiger partial charge is 0.310 e. The number of unbranched alkanes of at least 4 members (excludes halogenated alkanes) is 3. The van der Waals surface area contributed by atoms with Crippen LogP contribution in [0.4, 0.5) is 0 Å². The van der Waals surface area contributed by atoms with Crippen LogP contribution in [0.5, 0.6) is 0 Å². The van der Waals surface area contributed by atoms with Gasteiger partial charge in [0.05, 0.1) is 6.20 Å². The number of H-pyrrole nitrogens is 1. The van der Waals surface area contributed by atoms with Gasteiger partial charge in [-0.25, -0.2) is 13.1 Å². The van der Waals surface area contributed by atoms with Crippen molar-refractivity contribution < 1.29 is 8.42 Å². The Kier molecular flexibility index (Phi) is 5.56. The summed E-state index contributed by atoms with van der Waals surface area (Å²) < 4.78 is 27.0. The summed E-state index contributed by atoms with van der Waals surface area (Å²) in [5.74, 6) is 0. The Hall–Kier alpha value is -0.920. The molecule has 3 N–H and O–H groups in total. The van der Waals surface area contributed by atoms with E-state index in [9.17, 15) is 8.42 Å². The van der Waals surface area contributed by atoms with Gasteiger partial charge in [-0.3, -0.25) is 5.10 Å². The first-order valence-electron chi connectivity index (χ1n) is 7.39. The van der Waals surface area contributed by atoms with E-state index in [4.69, 9.17) is 0 Å². The summed E-state index contributed by atoms with van der Waals surface area (Å²) in [6.45, 7) is 3.16. The van der Waals surface area contributed by atoms with E-state index in [0.717, 1.165) is 25.7 Å². The minimum absolute atomic E-state index is 0.196. The maximum Gasteiger partial charge on any atom is 0.257 e. The highest BCUT2D eigenvalue weighted by Crippen LogP contribution is 2.20. The van der Waals surface area contributed by atoms with E-state index in [2.05, 4.69) is 27.2 Å². The van der Waals surface area contributed by atoms with Crippen molar-refractivity contribution in [1.29, 1.82) is 0 Å². The molecule has 0 atom stereocenters. The molecule has 20 heavy (non-hydrogen) atoms. The first-order chi connectivity index (χ1) is 9.63. The molecule has 0 amide bonds. The van der Waals surface area contributed by atoms with Crippen LogP contribution in [-0.4, -0.2) is 31.2 Å². The minimum atomic E-state index is -3.47. The molecule has 0 saturated heterocycles. The zero-order valence-corrected chi connectivity index (χ0v) is 12.8. The molecule has 1 fully saturated rings. The molecule has 1 aromatic rings. The van der Waals surface area contributed by atoms with E-state index in [-0.39, 0.29) is 5.03 Å². The third kappa shape index (κ3) is 4.57. The fraction of sp³-hybridized carbons (Fsp3) is 0.769. The zero-order valence-electron chi connectivity index (χ0n) is 12.0. The van der Waals surface area contributed by atoms with Crippen LogP contribution in [0.2, 0.25) is 0 Å². The molecule has 114 valence electrons. The number of nitrogens with zero attached hydrogens (tertiary/aromatic N) is 1. The van der Waals surface area contributed by atoms with Gasteiger partial charge in [0, 0.05) is 24.7 Å². The molecule has 1 heterocycles. The van der Waals surface area contributed by atoms with Gasteiger partial charge in [-0.05, 0) is 19.3 Å². The molecule has 6 nitrogen and oxygen atoms in total. The van der Waals surface area contributed by atoms with E-state index in [0.29, 0.717) is 24.7 Å². The lowest BCUT2D eigenvalue weighted by atomic mass is 10.2. The van der Waals surface area contributed by atoms with Crippen LogP contribution in [0.3, 0.4) is 0 Å². The highest BCUT2D eigenvalue weighted by atomic mass is 32.2. The van der Waals surface area contributed by atoms with Crippen LogP contribution >= 0.6 is 0 Å². The third-order valence-electron chi connectivity index (χ3n) is 3.43. The van der Waals surface area contributed by atoms with Crippen molar-refractivity contribution in [3.05, 3.63) is 11.8 Å². The van der Waals surface area contributed by atoms with Gasteiger partial charge in [-0.1, -0.05) is 26.2 Å². The smallest absolute Gasteiger partial charge is 0.257 e. The Morgan fingerprint density at radius 2 is 2.15 bits per heavy atom. The first kappa shape index (κ1) is 15.5. The lowest BCUT2D eigenvalue weighted by Crippen LogP contribution is -2.27. The Bertz CT molecular complexity index is 508. The molecular formula is C13H24N4O2S. The average Bonchev–Trinajstić information content (AvgIpc) is 3.12. The van der Waals surface area contributed by atoms with Gasteiger partial charge in [-0.2, -0.15) is 5.10 Å². The van der Waals surface area contributed by atoms with Crippen LogP contribution in [-0.2, 0) is 16.6 Å². The normalized spacial score (nSPS) is 15.7. The lowest BCUT2D eigenvalue weighted by Gasteiger charge is -2.07. The molecule has 0 aliphatic heterocycles. The maximum absolute atomic E-state index is 12.2. The van der Waals surface area contributed by atoms with Crippen molar-refractivity contribution in [1.82, 2.24) is 20.2 Å². The summed E-state index contributed by atoms with van der Waals surface area (Å²) in [5.41, 5.74) is 0.706. The molecular weight excluding hydrogens is 276 g/mol. The van der Waals surface area contributed by atoms with Gasteiger partial charge in [0.2, 0.25) is 0 Å². The lowest BCUT2D eigenvalue weighted by molar-refractivity contribution is 0.566. The second-order valence-electron chi connectivity index (χ2n) is 5.34. The molecule has 7 heteroatoms. The van der Waals surface area contributed by atoms with E-state index < -0.39 is 10.0 Å². The molecule has 1 saturated carbocycles. The molecule has 0 aromatic carbocycles. The zero-order chi connectivity index (χ0) is 14.4. The molecule has 2 rings (SSSR count). The molecule has 0 spiro atoms. The topological polar surface area (TPSA) is 86.9 Å². The fourth-order valence-electron chi connectivity index (χ4n) is 2.03. The molecule has 1 aromatic heterocycles. The second kappa shape index (κ2) is 7.19. The summed E-state index contributed by atoms with van der Waals surface area (Å²) in [7, 11) is -3.47. The Morgan fingerprint density at radius 3 is 2.85 bits per heavy atom. The second-order valence-corrected chi connectivity index (χ2v) is 7.04. The number of rotatable bonds is 10. The van der Waals surface area contributed by atoms with Crippen molar-refractivity contribution in [3.8, 4) is 0 Å². The van der Waals surface area contributed by atoms with Gasteiger partial charge in [0.15, 0.2) is 5.03 Å². The SMILES string of the molecule is CCCCCCNS(=O)(=O)c1[nH]ncc1CNC1CC1. The molecule has 0 unspecified atom stereocenters. The number of nitrogens with one attached hydrogen (secondary N) is 3. The fourth-order valence-corrected chi connectivity index (χ4v) is 3.23. The molecule has 0 radical (unpaired) electrons. The average molecular weight is 300 g/mol. The van der Waals surface area contributed by atoms with Gasteiger partial charge in [0.1, 0.15) is 0 Å². The highest BCUT2D eigenvalue weighted by molar-refractivity contribution is 7.89. The first-order valence-corrected chi connectivity index (χ1v) is 8.87. The minimum Gasteiger partial charge on any atom is -0.310 e. The maximum atomic E-state index is 12.2. The van der Waals surface area contributed by atoms with Gasteiger partial charge in [0.25, 0.3) is 10.0 Å². The summed E-state index contributed by atoms with van der Waals surface area (Å²) in [5, 5.41) is 9.96. The van der Waals surface area contributed by atoms with Crippen molar-refractivity contribution >= 4 is 10.0 Å². The number of hydrogen-bond acceptors (Lipinski definition) is 4. The van der Waals surface area contributed by atoms with Crippen molar-refractivity contribution in [3.63, 3.8) is 0 Å². The van der Waals surface area contributed by atoms with Gasteiger partial charge in [-0.15, -0.1) is 0 Å².